The first-order chi connectivity index (χ1) is 16.7. The number of carboxylic acids is 3. The fraction of sp³-hybridized carbons (Fsp3) is 0.826. The SMILES string of the molecule is O=C([O-])CN1CCN(CC(=O)[O-])CCN(CC(=O)NCC2CCCCC2)CCN(CC(=O)[O-])CC1.[Gd+3]. The van der Waals surface area contributed by atoms with Gasteiger partial charge in [-0.05, 0) is 18.8 Å². The van der Waals surface area contributed by atoms with Gasteiger partial charge in [0.05, 0.1) is 24.5 Å². The molecule has 0 atom stereocenters. The number of carbonyl (C=O) groups is 4. The van der Waals surface area contributed by atoms with Crippen molar-refractivity contribution in [2.45, 2.75) is 32.1 Å². The molecule has 12 nitrogen and oxygen atoms in total. The van der Waals surface area contributed by atoms with Crippen LogP contribution >= 0.6 is 0 Å². The number of hydrogen-bond acceptors (Lipinski definition) is 11. The molecule has 205 valence electrons. The number of carboxylic acid groups (broad SMARTS) is 3. The Morgan fingerprint density at radius 1 is 0.583 bits per heavy atom. The van der Waals surface area contributed by atoms with Crippen molar-refractivity contribution in [3.63, 3.8) is 0 Å². The van der Waals surface area contributed by atoms with Crippen LogP contribution in [0.4, 0.5) is 0 Å². The molecule has 0 spiro atoms. The molecule has 36 heavy (non-hydrogen) atoms. The third kappa shape index (κ3) is 14.7. The Kier molecular flexibility index (Phi) is 16.8. The number of rotatable bonds is 10. The normalized spacial score (nSPS) is 20.4. The van der Waals surface area contributed by atoms with E-state index in [1.54, 1.807) is 14.7 Å². The van der Waals surface area contributed by atoms with Crippen LogP contribution in [0.3, 0.4) is 0 Å². The maximum absolute atomic E-state index is 12.6. The van der Waals surface area contributed by atoms with Crippen molar-refractivity contribution in [3.05, 3.63) is 0 Å². The maximum Gasteiger partial charge on any atom is 3.00 e. The molecule has 1 amide bonds. The summed E-state index contributed by atoms with van der Waals surface area (Å²) in [6.07, 6.45) is 5.86. The van der Waals surface area contributed by atoms with Gasteiger partial charge in [-0.3, -0.25) is 24.4 Å². The Labute approximate surface area is 245 Å². The molecule has 0 aromatic rings. The van der Waals surface area contributed by atoms with Gasteiger partial charge in [0.15, 0.2) is 0 Å². The van der Waals surface area contributed by atoms with E-state index in [2.05, 4.69) is 5.32 Å². The van der Waals surface area contributed by atoms with Crippen molar-refractivity contribution in [2.75, 3.05) is 85.1 Å². The van der Waals surface area contributed by atoms with Crippen molar-refractivity contribution < 1.29 is 74.4 Å². The number of aliphatic carboxylic acids is 3. The Hall–Kier alpha value is -0.955. The van der Waals surface area contributed by atoms with Gasteiger partial charge in [-0.2, -0.15) is 0 Å². The molecule has 2 rings (SSSR count). The van der Waals surface area contributed by atoms with Crippen molar-refractivity contribution in [1.82, 2.24) is 24.9 Å². The van der Waals surface area contributed by atoms with Gasteiger partial charge in [-0.1, -0.05) is 19.3 Å². The molecule has 1 aliphatic heterocycles. The molecule has 1 saturated heterocycles. The topological polar surface area (TPSA) is 162 Å². The van der Waals surface area contributed by atoms with Crippen molar-refractivity contribution in [2.24, 2.45) is 5.92 Å². The summed E-state index contributed by atoms with van der Waals surface area (Å²) < 4.78 is 0. The molecule has 2 fully saturated rings. The molecule has 2 aliphatic rings. The molecule has 1 radical (unpaired) electrons. The number of amides is 1. The van der Waals surface area contributed by atoms with Crippen LogP contribution in [0.25, 0.3) is 0 Å². The molecule has 1 saturated carbocycles. The van der Waals surface area contributed by atoms with E-state index in [-0.39, 0.29) is 98.2 Å². The summed E-state index contributed by atoms with van der Waals surface area (Å²) in [5.41, 5.74) is 0. The summed E-state index contributed by atoms with van der Waals surface area (Å²) in [4.78, 5) is 53.0. The number of hydrogen-bond donors (Lipinski definition) is 1. The first-order valence-corrected chi connectivity index (χ1v) is 12.5. The van der Waals surface area contributed by atoms with Crippen molar-refractivity contribution in [3.8, 4) is 0 Å². The van der Waals surface area contributed by atoms with E-state index in [0.29, 0.717) is 38.6 Å². The summed E-state index contributed by atoms with van der Waals surface area (Å²) in [5.74, 6) is -3.35. The van der Waals surface area contributed by atoms with Crippen LogP contribution in [-0.2, 0) is 19.2 Å². The molecular formula is C23H38GdN5O7. The first kappa shape index (κ1) is 33.1. The molecule has 0 aromatic carbocycles. The molecule has 0 bridgehead atoms. The van der Waals surface area contributed by atoms with Crippen LogP contribution in [0.5, 0.6) is 0 Å². The summed E-state index contributed by atoms with van der Waals surface area (Å²) >= 11 is 0. The van der Waals surface area contributed by atoms with E-state index >= 15 is 0 Å². The van der Waals surface area contributed by atoms with E-state index < -0.39 is 17.9 Å². The minimum absolute atomic E-state index is 0. The third-order valence-electron chi connectivity index (χ3n) is 6.67. The zero-order valence-corrected chi connectivity index (χ0v) is 23.1. The molecular weight excluding hydrogens is 616 g/mol. The fourth-order valence-corrected chi connectivity index (χ4v) is 4.67. The van der Waals surface area contributed by atoms with E-state index in [9.17, 15) is 34.5 Å². The monoisotopic (exact) mass is 654 g/mol. The van der Waals surface area contributed by atoms with E-state index in [1.807, 2.05) is 4.90 Å². The summed E-state index contributed by atoms with van der Waals surface area (Å²) in [6, 6.07) is 0. The largest absolute Gasteiger partial charge is 3.00 e. The fourth-order valence-electron chi connectivity index (χ4n) is 4.67. The van der Waals surface area contributed by atoms with Gasteiger partial charge in [-0.25, -0.2) is 0 Å². The van der Waals surface area contributed by atoms with Gasteiger partial charge in [0, 0.05) is 78.5 Å². The minimum atomic E-state index is -1.26. The van der Waals surface area contributed by atoms with E-state index in [4.69, 9.17) is 0 Å². The average Bonchev–Trinajstić information content (AvgIpc) is 2.79. The van der Waals surface area contributed by atoms with Crippen molar-refractivity contribution >= 4 is 23.8 Å². The number of nitrogens with one attached hydrogen (secondary N) is 1. The second kappa shape index (κ2) is 18.3. The van der Waals surface area contributed by atoms with Crippen LogP contribution in [0.15, 0.2) is 0 Å². The zero-order chi connectivity index (χ0) is 25.6. The van der Waals surface area contributed by atoms with Crippen LogP contribution in [0, 0.1) is 45.9 Å². The van der Waals surface area contributed by atoms with Gasteiger partial charge in [0.1, 0.15) is 0 Å². The second-order valence-corrected chi connectivity index (χ2v) is 9.53. The number of carbonyl (C=O) groups excluding carboxylic acids is 4. The Balaban J connectivity index is 0.00000648. The van der Waals surface area contributed by atoms with Crippen molar-refractivity contribution in [1.29, 1.82) is 0 Å². The van der Waals surface area contributed by atoms with E-state index in [1.165, 1.54) is 19.3 Å². The summed E-state index contributed by atoms with van der Waals surface area (Å²) in [7, 11) is 0. The Morgan fingerprint density at radius 3 is 1.25 bits per heavy atom. The smallest absolute Gasteiger partial charge is 0.549 e. The van der Waals surface area contributed by atoms with Crippen LogP contribution in [-0.4, -0.2) is 128 Å². The summed E-state index contributed by atoms with van der Waals surface area (Å²) in [6.45, 7) is 2.37. The van der Waals surface area contributed by atoms with Crippen LogP contribution < -0.4 is 20.6 Å². The maximum atomic E-state index is 12.6. The molecule has 0 unspecified atom stereocenters. The van der Waals surface area contributed by atoms with Gasteiger partial charge in [0.25, 0.3) is 0 Å². The Morgan fingerprint density at radius 2 is 0.917 bits per heavy atom. The molecule has 1 N–H and O–H groups in total. The Bertz CT molecular complexity index is 676. The van der Waals surface area contributed by atoms with Gasteiger partial charge >= 0.3 is 39.9 Å². The molecule has 0 aromatic heterocycles. The zero-order valence-electron chi connectivity index (χ0n) is 20.8. The molecule has 1 aliphatic carbocycles. The van der Waals surface area contributed by atoms with E-state index in [0.717, 1.165) is 12.8 Å². The standard InChI is InChI=1S/C23H41N5O7.Gd/c29-20(24-14-19-4-2-1-3-5-19)15-25-6-8-26(16-21(30)31)10-12-28(18-23(34)35)13-11-27(9-7-25)17-22(32)33;/h19H,1-18H2,(H,24,29)(H,30,31)(H,32,33)(H,34,35);/q;+3/p-3. The summed E-state index contributed by atoms with van der Waals surface area (Å²) in [5, 5.41) is 36.6. The van der Waals surface area contributed by atoms with Gasteiger partial charge < -0.3 is 35.0 Å². The molecule has 13 heteroatoms. The van der Waals surface area contributed by atoms with Crippen LogP contribution in [0.1, 0.15) is 32.1 Å². The number of nitrogens with zero attached hydrogens (tertiary/aromatic N) is 4. The molecule has 1 heterocycles. The van der Waals surface area contributed by atoms with Crippen LogP contribution in [0.2, 0.25) is 0 Å². The minimum Gasteiger partial charge on any atom is -0.549 e. The van der Waals surface area contributed by atoms with Gasteiger partial charge in [0.2, 0.25) is 5.91 Å². The van der Waals surface area contributed by atoms with Gasteiger partial charge in [-0.15, -0.1) is 0 Å². The first-order valence-electron chi connectivity index (χ1n) is 12.5. The third-order valence-corrected chi connectivity index (χ3v) is 6.67. The predicted octanol–water partition coefficient (Wildman–Crippen LogP) is -4.85. The quantitative estimate of drug-likeness (QED) is 0.241. The second-order valence-electron chi connectivity index (χ2n) is 9.53. The predicted molar refractivity (Wildman–Crippen MR) is 120 cm³/mol. The average molecular weight is 654 g/mol.